The molecule has 0 radical (unpaired) electrons. The van der Waals surface area contributed by atoms with Gasteiger partial charge < -0.3 is 15.4 Å². The monoisotopic (exact) mass is 381 g/mol. The number of hydrogen-bond donors (Lipinski definition) is 2. The Bertz CT molecular complexity index is 1020. The zero-order valence-corrected chi connectivity index (χ0v) is 14.6. The number of halogens is 1. The summed E-state index contributed by atoms with van der Waals surface area (Å²) in [7, 11) is 0. The van der Waals surface area contributed by atoms with E-state index < -0.39 is 11.9 Å². The zero-order chi connectivity index (χ0) is 19.5. The second-order valence-electron chi connectivity index (χ2n) is 6.25. The van der Waals surface area contributed by atoms with Gasteiger partial charge in [0.15, 0.2) is 5.69 Å². The van der Waals surface area contributed by atoms with Crippen molar-refractivity contribution in [1.82, 2.24) is 20.3 Å². The topological polar surface area (TPSA) is 98.1 Å². The first kappa shape index (κ1) is 17.7. The molecule has 28 heavy (non-hydrogen) atoms. The number of amides is 2. The van der Waals surface area contributed by atoms with E-state index in [1.165, 1.54) is 23.0 Å². The Balaban J connectivity index is 1.41. The van der Waals surface area contributed by atoms with Crippen molar-refractivity contribution in [2.75, 3.05) is 11.9 Å². The van der Waals surface area contributed by atoms with Gasteiger partial charge in [0.2, 0.25) is 0 Å². The Morgan fingerprint density at radius 3 is 2.86 bits per heavy atom. The predicted octanol–water partition coefficient (Wildman–Crippen LogP) is 1.59. The molecule has 1 aliphatic rings. The van der Waals surface area contributed by atoms with Gasteiger partial charge in [0.25, 0.3) is 11.8 Å². The Labute approximate surface area is 159 Å². The lowest BCUT2D eigenvalue weighted by Gasteiger charge is -2.13. The van der Waals surface area contributed by atoms with Crippen LogP contribution in [0.4, 0.5) is 10.1 Å². The molecule has 0 spiro atoms. The fourth-order valence-corrected chi connectivity index (χ4v) is 2.76. The first-order chi connectivity index (χ1) is 13.6. The summed E-state index contributed by atoms with van der Waals surface area (Å²) in [5, 5.41) is 13.1. The summed E-state index contributed by atoms with van der Waals surface area (Å²) in [6.07, 6.45) is 1.46. The summed E-state index contributed by atoms with van der Waals surface area (Å²) in [6.45, 7) is 0.335. The van der Waals surface area contributed by atoms with Crippen LogP contribution in [0.3, 0.4) is 0 Å². The molecule has 0 bridgehead atoms. The van der Waals surface area contributed by atoms with E-state index in [4.69, 9.17) is 4.74 Å². The smallest absolute Gasteiger partial charge is 0.274 e. The first-order valence-corrected chi connectivity index (χ1v) is 8.56. The lowest BCUT2D eigenvalue weighted by Crippen LogP contribution is -2.46. The maximum absolute atomic E-state index is 13.0. The molecule has 9 heteroatoms. The molecule has 1 aliphatic heterocycles. The van der Waals surface area contributed by atoms with E-state index in [0.29, 0.717) is 18.0 Å². The number of anilines is 1. The number of carbonyl (C=O) groups excluding carboxylic acids is 2. The molecule has 0 aliphatic carbocycles. The lowest BCUT2D eigenvalue weighted by atomic mass is 10.2. The highest BCUT2D eigenvalue weighted by molar-refractivity contribution is 6.01. The van der Waals surface area contributed by atoms with Crippen molar-refractivity contribution in [3.05, 3.63) is 71.8 Å². The maximum Gasteiger partial charge on any atom is 0.274 e. The number of ether oxygens (including phenoxy) is 1. The first-order valence-electron chi connectivity index (χ1n) is 8.56. The third-order valence-electron chi connectivity index (χ3n) is 4.20. The van der Waals surface area contributed by atoms with Gasteiger partial charge in [-0.1, -0.05) is 29.5 Å². The summed E-state index contributed by atoms with van der Waals surface area (Å²) >= 11 is 0. The van der Waals surface area contributed by atoms with Crippen LogP contribution >= 0.6 is 0 Å². The molecule has 0 fully saturated rings. The Morgan fingerprint density at radius 2 is 2.04 bits per heavy atom. The van der Waals surface area contributed by atoms with Gasteiger partial charge in [0.1, 0.15) is 24.2 Å². The van der Waals surface area contributed by atoms with Crippen LogP contribution in [0.1, 0.15) is 16.1 Å². The average Bonchev–Trinajstić information content (AvgIpc) is 3.10. The number of aromatic nitrogens is 3. The van der Waals surface area contributed by atoms with Crippen LogP contribution in [-0.4, -0.2) is 39.5 Å². The van der Waals surface area contributed by atoms with Crippen LogP contribution < -0.4 is 15.4 Å². The lowest BCUT2D eigenvalue weighted by molar-refractivity contribution is -0.118. The van der Waals surface area contributed by atoms with Gasteiger partial charge >= 0.3 is 0 Å². The van der Waals surface area contributed by atoms with Gasteiger partial charge in [-0.15, -0.1) is 5.10 Å². The van der Waals surface area contributed by atoms with Crippen LogP contribution in [0.2, 0.25) is 0 Å². The normalized spacial score (nSPS) is 15.8. The molecule has 0 saturated heterocycles. The second-order valence-corrected chi connectivity index (χ2v) is 6.25. The van der Waals surface area contributed by atoms with E-state index in [2.05, 4.69) is 20.9 Å². The van der Waals surface area contributed by atoms with E-state index in [1.54, 1.807) is 36.4 Å². The molecule has 8 nitrogen and oxygen atoms in total. The standard InChI is InChI=1S/C19H16FN5O3/c20-13-7-5-12(6-8-13)9-25-10-15(23-24-25)18(26)22-16-11-28-17-4-2-1-3-14(17)21-19(16)27/h1-8,10,16H,9,11H2,(H,21,27)(H,22,26). The number of rotatable bonds is 4. The molecule has 2 aromatic carbocycles. The third-order valence-corrected chi connectivity index (χ3v) is 4.20. The predicted molar refractivity (Wildman–Crippen MR) is 97.3 cm³/mol. The number of benzene rings is 2. The van der Waals surface area contributed by atoms with Crippen molar-refractivity contribution in [3.8, 4) is 5.75 Å². The van der Waals surface area contributed by atoms with E-state index >= 15 is 0 Å². The number of fused-ring (bicyclic) bond motifs is 1. The average molecular weight is 381 g/mol. The SMILES string of the molecule is O=C(NC1COc2ccccc2NC1=O)c1cn(Cc2ccc(F)cc2)nn1. The van der Waals surface area contributed by atoms with E-state index in [1.807, 2.05) is 0 Å². The van der Waals surface area contributed by atoms with Crippen molar-refractivity contribution in [1.29, 1.82) is 0 Å². The van der Waals surface area contributed by atoms with Crippen LogP contribution in [0.15, 0.2) is 54.7 Å². The highest BCUT2D eigenvalue weighted by atomic mass is 19.1. The maximum atomic E-state index is 13.0. The summed E-state index contributed by atoms with van der Waals surface area (Å²) in [6, 6.07) is 12.1. The van der Waals surface area contributed by atoms with Gasteiger partial charge in [0.05, 0.1) is 18.4 Å². The fraction of sp³-hybridized carbons (Fsp3) is 0.158. The Kier molecular flexibility index (Phi) is 4.71. The molecule has 1 atom stereocenters. The summed E-state index contributed by atoms with van der Waals surface area (Å²) in [5.74, 6) is -0.705. The number of carbonyl (C=O) groups is 2. The number of nitrogens with one attached hydrogen (secondary N) is 2. The molecule has 3 aromatic rings. The fourth-order valence-electron chi connectivity index (χ4n) is 2.76. The quantitative estimate of drug-likeness (QED) is 0.715. The minimum Gasteiger partial charge on any atom is -0.489 e. The molecule has 142 valence electrons. The van der Waals surface area contributed by atoms with Gasteiger partial charge in [-0.25, -0.2) is 9.07 Å². The molecular weight excluding hydrogens is 365 g/mol. The minimum atomic E-state index is -0.873. The molecular formula is C19H16FN5O3. The van der Waals surface area contributed by atoms with Crippen molar-refractivity contribution < 1.29 is 18.7 Å². The summed E-state index contributed by atoms with van der Waals surface area (Å²) in [5.41, 5.74) is 1.43. The van der Waals surface area contributed by atoms with Crippen LogP contribution in [0.25, 0.3) is 0 Å². The second kappa shape index (κ2) is 7.47. The van der Waals surface area contributed by atoms with Gasteiger partial charge in [-0.2, -0.15) is 0 Å². The molecule has 2 amide bonds. The van der Waals surface area contributed by atoms with Crippen molar-refractivity contribution in [2.45, 2.75) is 12.6 Å². The molecule has 1 unspecified atom stereocenters. The zero-order valence-electron chi connectivity index (χ0n) is 14.6. The number of hydrogen-bond acceptors (Lipinski definition) is 5. The Hall–Kier alpha value is -3.75. The van der Waals surface area contributed by atoms with E-state index in [-0.39, 0.29) is 24.0 Å². The van der Waals surface area contributed by atoms with Crippen LogP contribution in [-0.2, 0) is 11.3 Å². The van der Waals surface area contributed by atoms with Crippen molar-refractivity contribution in [3.63, 3.8) is 0 Å². The van der Waals surface area contributed by atoms with E-state index in [0.717, 1.165) is 5.56 Å². The van der Waals surface area contributed by atoms with Crippen molar-refractivity contribution >= 4 is 17.5 Å². The molecule has 4 rings (SSSR count). The largest absolute Gasteiger partial charge is 0.489 e. The van der Waals surface area contributed by atoms with Gasteiger partial charge in [-0.3, -0.25) is 9.59 Å². The highest BCUT2D eigenvalue weighted by Gasteiger charge is 2.27. The molecule has 1 aromatic heterocycles. The molecule has 0 saturated carbocycles. The van der Waals surface area contributed by atoms with Crippen LogP contribution in [0, 0.1) is 5.82 Å². The third kappa shape index (κ3) is 3.83. The number of para-hydroxylation sites is 2. The summed E-state index contributed by atoms with van der Waals surface area (Å²) < 4.78 is 20.0. The van der Waals surface area contributed by atoms with Crippen LogP contribution in [0.5, 0.6) is 5.75 Å². The summed E-state index contributed by atoms with van der Waals surface area (Å²) in [4.78, 5) is 24.8. The Morgan fingerprint density at radius 1 is 1.25 bits per heavy atom. The van der Waals surface area contributed by atoms with Gasteiger partial charge in [0, 0.05) is 0 Å². The highest BCUT2D eigenvalue weighted by Crippen LogP contribution is 2.26. The number of nitrogens with zero attached hydrogens (tertiary/aromatic N) is 3. The minimum absolute atomic E-state index is 0.00168. The molecule has 2 heterocycles. The van der Waals surface area contributed by atoms with Crippen molar-refractivity contribution in [2.24, 2.45) is 0 Å². The van der Waals surface area contributed by atoms with E-state index in [9.17, 15) is 14.0 Å². The molecule has 2 N–H and O–H groups in total. The van der Waals surface area contributed by atoms with Gasteiger partial charge in [-0.05, 0) is 29.8 Å².